The summed E-state index contributed by atoms with van der Waals surface area (Å²) >= 11 is 3.50. The SMILES string of the molecule is BrCCCN1CC2CCC1CC2. The first-order valence-electron chi connectivity index (χ1n) is 5.20. The van der Waals surface area contributed by atoms with Crippen LogP contribution in [-0.4, -0.2) is 29.4 Å². The van der Waals surface area contributed by atoms with E-state index in [9.17, 15) is 0 Å². The van der Waals surface area contributed by atoms with E-state index in [0.717, 1.165) is 12.0 Å². The highest BCUT2D eigenvalue weighted by Crippen LogP contribution is 2.34. The number of nitrogens with zero attached hydrogens (tertiary/aromatic N) is 1. The quantitative estimate of drug-likeness (QED) is 0.676. The van der Waals surface area contributed by atoms with Crippen LogP contribution in [0.3, 0.4) is 0 Å². The van der Waals surface area contributed by atoms with Crippen LogP contribution in [0.1, 0.15) is 32.1 Å². The molecule has 2 heteroatoms. The molecule has 2 saturated heterocycles. The van der Waals surface area contributed by atoms with Gasteiger partial charge >= 0.3 is 0 Å². The van der Waals surface area contributed by atoms with Gasteiger partial charge < -0.3 is 4.90 Å². The third-order valence-electron chi connectivity index (χ3n) is 3.40. The van der Waals surface area contributed by atoms with Crippen molar-refractivity contribution in [2.75, 3.05) is 18.4 Å². The summed E-state index contributed by atoms with van der Waals surface area (Å²) in [5.41, 5.74) is 0. The summed E-state index contributed by atoms with van der Waals surface area (Å²) in [6.07, 6.45) is 7.30. The van der Waals surface area contributed by atoms with Gasteiger partial charge in [-0.05, 0) is 44.6 Å². The molecule has 70 valence electrons. The van der Waals surface area contributed by atoms with Gasteiger partial charge in [-0.1, -0.05) is 15.9 Å². The van der Waals surface area contributed by atoms with Crippen LogP contribution in [0.4, 0.5) is 0 Å². The Morgan fingerprint density at radius 1 is 1.17 bits per heavy atom. The van der Waals surface area contributed by atoms with Crippen LogP contribution < -0.4 is 0 Å². The Labute approximate surface area is 83.6 Å². The van der Waals surface area contributed by atoms with Crippen molar-refractivity contribution >= 4 is 15.9 Å². The van der Waals surface area contributed by atoms with E-state index in [2.05, 4.69) is 20.8 Å². The molecule has 3 rings (SSSR count). The van der Waals surface area contributed by atoms with Gasteiger partial charge in [0.05, 0.1) is 0 Å². The molecule has 2 bridgehead atoms. The number of rotatable bonds is 3. The average molecular weight is 232 g/mol. The van der Waals surface area contributed by atoms with Crippen molar-refractivity contribution < 1.29 is 0 Å². The van der Waals surface area contributed by atoms with E-state index >= 15 is 0 Å². The molecule has 0 aromatic heterocycles. The molecule has 0 aromatic rings. The highest BCUT2D eigenvalue weighted by Gasteiger charge is 2.32. The van der Waals surface area contributed by atoms with Gasteiger partial charge in [-0.2, -0.15) is 0 Å². The fourth-order valence-corrected chi connectivity index (χ4v) is 2.96. The van der Waals surface area contributed by atoms with Gasteiger partial charge in [0, 0.05) is 17.9 Å². The zero-order valence-corrected chi connectivity index (χ0v) is 9.22. The lowest BCUT2D eigenvalue weighted by atomic mass is 9.80. The second-order valence-corrected chi connectivity index (χ2v) is 5.01. The van der Waals surface area contributed by atoms with Gasteiger partial charge in [0.2, 0.25) is 0 Å². The zero-order chi connectivity index (χ0) is 8.39. The number of halogens is 1. The van der Waals surface area contributed by atoms with Crippen molar-refractivity contribution in [3.63, 3.8) is 0 Å². The van der Waals surface area contributed by atoms with Crippen molar-refractivity contribution in [2.45, 2.75) is 38.1 Å². The maximum atomic E-state index is 3.50. The summed E-state index contributed by atoms with van der Waals surface area (Å²) in [5.74, 6) is 1.05. The summed E-state index contributed by atoms with van der Waals surface area (Å²) in [6.45, 7) is 2.73. The molecule has 2 aliphatic heterocycles. The first-order valence-corrected chi connectivity index (χ1v) is 6.32. The predicted molar refractivity (Wildman–Crippen MR) is 55.7 cm³/mol. The maximum Gasteiger partial charge on any atom is 0.00955 e. The summed E-state index contributed by atoms with van der Waals surface area (Å²) in [4.78, 5) is 2.72. The summed E-state index contributed by atoms with van der Waals surface area (Å²) in [6, 6.07) is 0.953. The van der Waals surface area contributed by atoms with Crippen LogP contribution in [-0.2, 0) is 0 Å². The molecule has 0 N–H and O–H groups in total. The van der Waals surface area contributed by atoms with E-state index in [1.165, 1.54) is 50.5 Å². The standard InChI is InChI=1S/C10H18BrN/c11-6-1-7-12-8-9-2-4-10(12)5-3-9/h9-10H,1-8H2. The molecule has 0 unspecified atom stereocenters. The fraction of sp³-hybridized carbons (Fsp3) is 1.00. The van der Waals surface area contributed by atoms with Crippen LogP contribution in [0.5, 0.6) is 0 Å². The minimum absolute atomic E-state index is 0.953. The van der Waals surface area contributed by atoms with E-state index in [1.807, 2.05) is 0 Å². The fourth-order valence-electron chi connectivity index (χ4n) is 2.71. The average Bonchev–Trinajstić information content (AvgIpc) is 2.17. The van der Waals surface area contributed by atoms with Gasteiger partial charge in [0.1, 0.15) is 0 Å². The van der Waals surface area contributed by atoms with E-state index in [4.69, 9.17) is 0 Å². The van der Waals surface area contributed by atoms with Crippen LogP contribution in [0.2, 0.25) is 0 Å². The summed E-state index contributed by atoms with van der Waals surface area (Å²) in [7, 11) is 0. The Balaban J connectivity index is 1.82. The molecule has 3 fully saturated rings. The molecule has 3 aliphatic rings. The van der Waals surface area contributed by atoms with E-state index in [0.29, 0.717) is 0 Å². The maximum absolute atomic E-state index is 3.50. The number of piperidine rings is 2. The first-order chi connectivity index (χ1) is 5.90. The molecular formula is C10H18BrN. The molecule has 0 spiro atoms. The highest BCUT2D eigenvalue weighted by molar-refractivity contribution is 9.09. The molecule has 1 saturated carbocycles. The lowest BCUT2D eigenvalue weighted by molar-refractivity contribution is 0.0496. The summed E-state index contributed by atoms with van der Waals surface area (Å²) in [5, 5.41) is 1.17. The molecule has 12 heavy (non-hydrogen) atoms. The van der Waals surface area contributed by atoms with E-state index in [1.54, 1.807) is 0 Å². The van der Waals surface area contributed by atoms with Gasteiger partial charge in [-0.15, -0.1) is 0 Å². The van der Waals surface area contributed by atoms with Gasteiger partial charge in [-0.3, -0.25) is 0 Å². The Morgan fingerprint density at radius 3 is 2.42 bits per heavy atom. The number of fused-ring (bicyclic) bond motifs is 3. The molecule has 1 aliphatic carbocycles. The molecule has 0 radical (unpaired) electrons. The lowest BCUT2D eigenvalue weighted by Gasteiger charge is -2.45. The second kappa shape index (κ2) is 4.10. The lowest BCUT2D eigenvalue weighted by Crippen LogP contribution is -2.48. The Kier molecular flexibility index (Phi) is 3.08. The van der Waals surface area contributed by atoms with Gasteiger partial charge in [0.25, 0.3) is 0 Å². The third kappa shape index (κ3) is 1.85. The first kappa shape index (κ1) is 9.01. The van der Waals surface area contributed by atoms with E-state index in [-0.39, 0.29) is 0 Å². The Hall–Kier alpha value is 0.440. The van der Waals surface area contributed by atoms with Gasteiger partial charge in [-0.25, -0.2) is 0 Å². The van der Waals surface area contributed by atoms with Crippen LogP contribution in [0.25, 0.3) is 0 Å². The van der Waals surface area contributed by atoms with Crippen LogP contribution in [0, 0.1) is 5.92 Å². The minimum Gasteiger partial charge on any atom is -0.300 e. The van der Waals surface area contributed by atoms with Crippen molar-refractivity contribution in [1.82, 2.24) is 4.90 Å². The number of hydrogen-bond donors (Lipinski definition) is 0. The van der Waals surface area contributed by atoms with E-state index < -0.39 is 0 Å². The van der Waals surface area contributed by atoms with Crippen LogP contribution in [0.15, 0.2) is 0 Å². The molecule has 1 nitrogen and oxygen atoms in total. The van der Waals surface area contributed by atoms with Gasteiger partial charge in [0.15, 0.2) is 0 Å². The predicted octanol–water partition coefficient (Wildman–Crippen LogP) is 2.65. The number of alkyl halides is 1. The highest BCUT2D eigenvalue weighted by atomic mass is 79.9. The molecule has 0 atom stereocenters. The Bertz CT molecular complexity index is 141. The molecular weight excluding hydrogens is 214 g/mol. The summed E-state index contributed by atoms with van der Waals surface area (Å²) < 4.78 is 0. The molecule has 0 aromatic carbocycles. The second-order valence-electron chi connectivity index (χ2n) is 4.21. The topological polar surface area (TPSA) is 3.24 Å². The van der Waals surface area contributed by atoms with Crippen LogP contribution >= 0.6 is 15.9 Å². The largest absolute Gasteiger partial charge is 0.300 e. The molecule has 0 amide bonds. The zero-order valence-electron chi connectivity index (χ0n) is 7.64. The normalized spacial score (nSPS) is 35.8. The van der Waals surface area contributed by atoms with Crippen molar-refractivity contribution in [3.05, 3.63) is 0 Å². The minimum atomic E-state index is 0.953. The monoisotopic (exact) mass is 231 g/mol. The Morgan fingerprint density at radius 2 is 1.92 bits per heavy atom. The number of hydrogen-bond acceptors (Lipinski definition) is 1. The molecule has 2 heterocycles. The van der Waals surface area contributed by atoms with Crippen molar-refractivity contribution in [3.8, 4) is 0 Å². The smallest absolute Gasteiger partial charge is 0.00955 e. The third-order valence-corrected chi connectivity index (χ3v) is 3.97. The van der Waals surface area contributed by atoms with Crippen molar-refractivity contribution in [1.29, 1.82) is 0 Å². The van der Waals surface area contributed by atoms with Crippen molar-refractivity contribution in [2.24, 2.45) is 5.92 Å².